The molecule has 0 aliphatic carbocycles. The van der Waals surface area contributed by atoms with Gasteiger partial charge in [0.15, 0.2) is 11.7 Å². The van der Waals surface area contributed by atoms with Crippen molar-refractivity contribution >= 4 is 34.0 Å². The van der Waals surface area contributed by atoms with Gasteiger partial charge in [0.25, 0.3) is 11.6 Å². The Bertz CT molecular complexity index is 654. The zero-order valence-corrected chi connectivity index (χ0v) is 11.3. The van der Waals surface area contributed by atoms with E-state index in [4.69, 9.17) is 4.74 Å². The number of anilines is 1. The summed E-state index contributed by atoms with van der Waals surface area (Å²) in [5, 5.41) is 15.0. The Kier molecular flexibility index (Phi) is 4.57. The Hall–Kier alpha value is -2.81. The van der Waals surface area contributed by atoms with Gasteiger partial charge < -0.3 is 4.74 Å². The Morgan fingerprint density at radius 3 is 2.62 bits per heavy atom. The van der Waals surface area contributed by atoms with Crippen LogP contribution in [0.2, 0.25) is 0 Å². The van der Waals surface area contributed by atoms with Gasteiger partial charge >= 0.3 is 5.97 Å². The minimum atomic E-state index is -0.737. The average Bonchev–Trinajstić information content (AvgIpc) is 2.97. The first kappa shape index (κ1) is 14.6. The van der Waals surface area contributed by atoms with Gasteiger partial charge in [0.05, 0.1) is 10.5 Å². The van der Waals surface area contributed by atoms with E-state index in [1.807, 2.05) is 0 Å². The van der Waals surface area contributed by atoms with Gasteiger partial charge in [-0.05, 0) is 12.1 Å². The number of nitrogens with one attached hydrogen (secondary N) is 1. The first-order chi connectivity index (χ1) is 10.1. The SMILES string of the molecule is O=C(COC(=O)c1ccc([N+](=O)[O-])cc1)Nc1nccs1. The minimum absolute atomic E-state index is 0.127. The van der Waals surface area contributed by atoms with Crippen molar-refractivity contribution in [2.24, 2.45) is 0 Å². The number of carbonyl (C=O) groups excluding carboxylic acids is 2. The average molecular weight is 307 g/mol. The number of ether oxygens (including phenoxy) is 1. The maximum atomic E-state index is 11.6. The number of rotatable bonds is 5. The summed E-state index contributed by atoms with van der Waals surface area (Å²) in [6, 6.07) is 4.90. The summed E-state index contributed by atoms with van der Waals surface area (Å²) in [5.41, 5.74) is -0.00397. The van der Waals surface area contributed by atoms with Gasteiger partial charge in [-0.2, -0.15) is 0 Å². The summed E-state index contributed by atoms with van der Waals surface area (Å²) in [4.78, 5) is 36.9. The number of hydrogen-bond acceptors (Lipinski definition) is 7. The maximum Gasteiger partial charge on any atom is 0.338 e. The van der Waals surface area contributed by atoms with Crippen LogP contribution in [0.4, 0.5) is 10.8 Å². The number of nitro benzene ring substituents is 1. The van der Waals surface area contributed by atoms with Crippen LogP contribution in [0.25, 0.3) is 0 Å². The highest BCUT2D eigenvalue weighted by atomic mass is 32.1. The van der Waals surface area contributed by atoms with E-state index in [1.54, 1.807) is 5.38 Å². The molecular weight excluding hydrogens is 298 g/mol. The van der Waals surface area contributed by atoms with Crippen molar-refractivity contribution in [3.05, 3.63) is 51.5 Å². The van der Waals surface area contributed by atoms with Gasteiger partial charge in [-0.1, -0.05) is 0 Å². The lowest BCUT2D eigenvalue weighted by Gasteiger charge is -2.04. The number of hydrogen-bond donors (Lipinski definition) is 1. The van der Waals surface area contributed by atoms with E-state index in [0.717, 1.165) is 0 Å². The van der Waals surface area contributed by atoms with E-state index in [0.29, 0.717) is 5.13 Å². The number of thiazole rings is 1. The van der Waals surface area contributed by atoms with Crippen LogP contribution < -0.4 is 5.32 Å². The fourth-order valence-corrected chi connectivity index (χ4v) is 1.92. The number of esters is 1. The topological polar surface area (TPSA) is 111 Å². The van der Waals surface area contributed by atoms with E-state index < -0.39 is 23.4 Å². The maximum absolute atomic E-state index is 11.6. The van der Waals surface area contributed by atoms with Gasteiger partial charge in [-0.15, -0.1) is 11.3 Å². The van der Waals surface area contributed by atoms with Crippen LogP contribution in [0.1, 0.15) is 10.4 Å². The first-order valence-electron chi connectivity index (χ1n) is 5.67. The van der Waals surface area contributed by atoms with E-state index in [2.05, 4.69) is 10.3 Å². The summed E-state index contributed by atoms with van der Waals surface area (Å²) in [5.74, 6) is -1.25. The molecule has 0 bridgehead atoms. The summed E-state index contributed by atoms with van der Waals surface area (Å²) in [7, 11) is 0. The Morgan fingerprint density at radius 1 is 1.33 bits per heavy atom. The van der Waals surface area contributed by atoms with Gasteiger partial charge in [-0.25, -0.2) is 9.78 Å². The molecule has 8 nitrogen and oxygen atoms in total. The number of nitrogens with zero attached hydrogens (tertiary/aromatic N) is 2. The van der Waals surface area contributed by atoms with E-state index in [-0.39, 0.29) is 11.3 Å². The molecule has 0 atom stereocenters. The van der Waals surface area contributed by atoms with E-state index in [9.17, 15) is 19.7 Å². The third-order valence-electron chi connectivity index (χ3n) is 2.33. The third kappa shape index (κ3) is 4.08. The van der Waals surface area contributed by atoms with Crippen molar-refractivity contribution in [2.75, 3.05) is 11.9 Å². The Balaban J connectivity index is 1.86. The van der Waals surface area contributed by atoms with Gasteiger partial charge in [0, 0.05) is 23.7 Å². The quantitative estimate of drug-likeness (QED) is 0.512. The molecule has 0 saturated carbocycles. The van der Waals surface area contributed by atoms with Crippen LogP contribution in [0, 0.1) is 10.1 Å². The molecule has 1 heterocycles. The Labute approximate surface area is 122 Å². The molecule has 0 aliphatic rings. The highest BCUT2D eigenvalue weighted by Gasteiger charge is 2.12. The summed E-state index contributed by atoms with van der Waals surface area (Å²) < 4.78 is 4.80. The number of aromatic nitrogens is 1. The lowest BCUT2D eigenvalue weighted by molar-refractivity contribution is -0.384. The fourth-order valence-electron chi connectivity index (χ4n) is 1.37. The second kappa shape index (κ2) is 6.57. The molecule has 2 rings (SSSR count). The van der Waals surface area contributed by atoms with Crippen molar-refractivity contribution < 1.29 is 19.2 Å². The lowest BCUT2D eigenvalue weighted by atomic mass is 10.2. The van der Waals surface area contributed by atoms with Crippen LogP contribution in [0.5, 0.6) is 0 Å². The molecule has 0 radical (unpaired) electrons. The first-order valence-corrected chi connectivity index (χ1v) is 6.55. The fraction of sp³-hybridized carbons (Fsp3) is 0.0833. The number of amides is 1. The molecule has 1 amide bonds. The Morgan fingerprint density at radius 2 is 2.05 bits per heavy atom. The van der Waals surface area contributed by atoms with Crippen LogP contribution in [0.3, 0.4) is 0 Å². The highest BCUT2D eigenvalue weighted by molar-refractivity contribution is 7.13. The summed E-state index contributed by atoms with van der Waals surface area (Å²) >= 11 is 1.24. The smallest absolute Gasteiger partial charge is 0.338 e. The molecule has 1 aromatic carbocycles. The second-order valence-electron chi connectivity index (χ2n) is 3.77. The molecule has 21 heavy (non-hydrogen) atoms. The standard InChI is InChI=1S/C12H9N3O5S/c16-10(14-12-13-5-6-21-12)7-20-11(17)8-1-3-9(4-2-8)15(18)19/h1-6H,7H2,(H,13,14,16). The van der Waals surface area contributed by atoms with Gasteiger partial charge in [-0.3, -0.25) is 20.2 Å². The van der Waals surface area contributed by atoms with Crippen molar-refractivity contribution in [3.8, 4) is 0 Å². The van der Waals surface area contributed by atoms with E-state index in [1.165, 1.54) is 41.8 Å². The normalized spacial score (nSPS) is 9.90. The summed E-state index contributed by atoms with van der Waals surface area (Å²) in [6.45, 7) is -0.463. The predicted octanol–water partition coefficient (Wildman–Crippen LogP) is 1.85. The molecule has 1 aromatic heterocycles. The van der Waals surface area contributed by atoms with E-state index >= 15 is 0 Å². The number of benzene rings is 1. The second-order valence-corrected chi connectivity index (χ2v) is 4.66. The molecule has 9 heteroatoms. The molecule has 108 valence electrons. The van der Waals surface area contributed by atoms with Crippen molar-refractivity contribution in [2.45, 2.75) is 0 Å². The van der Waals surface area contributed by atoms with Gasteiger partial charge in [0.1, 0.15) is 0 Å². The van der Waals surface area contributed by atoms with Crippen LogP contribution >= 0.6 is 11.3 Å². The molecule has 2 aromatic rings. The predicted molar refractivity (Wildman–Crippen MR) is 74.1 cm³/mol. The van der Waals surface area contributed by atoms with Crippen LogP contribution in [0.15, 0.2) is 35.8 Å². The molecule has 0 aliphatic heterocycles. The molecule has 1 N–H and O–H groups in total. The third-order valence-corrected chi connectivity index (χ3v) is 3.02. The number of carbonyl (C=O) groups is 2. The van der Waals surface area contributed by atoms with Crippen LogP contribution in [-0.2, 0) is 9.53 Å². The minimum Gasteiger partial charge on any atom is -0.452 e. The number of non-ortho nitro benzene ring substituents is 1. The zero-order valence-electron chi connectivity index (χ0n) is 10.5. The van der Waals surface area contributed by atoms with Crippen molar-refractivity contribution in [1.29, 1.82) is 0 Å². The molecule has 0 unspecified atom stereocenters. The molecular formula is C12H9N3O5S. The van der Waals surface area contributed by atoms with Gasteiger partial charge in [0.2, 0.25) is 0 Å². The molecule has 0 saturated heterocycles. The zero-order chi connectivity index (χ0) is 15.2. The molecule has 0 spiro atoms. The lowest BCUT2D eigenvalue weighted by Crippen LogP contribution is -2.20. The molecule has 0 fully saturated rings. The monoisotopic (exact) mass is 307 g/mol. The highest BCUT2D eigenvalue weighted by Crippen LogP contribution is 2.13. The van der Waals surface area contributed by atoms with Crippen LogP contribution in [-0.4, -0.2) is 28.4 Å². The van der Waals surface area contributed by atoms with Crippen molar-refractivity contribution in [1.82, 2.24) is 4.98 Å². The van der Waals surface area contributed by atoms with Crippen molar-refractivity contribution in [3.63, 3.8) is 0 Å². The largest absolute Gasteiger partial charge is 0.452 e. The number of nitro groups is 1. The summed E-state index contributed by atoms with van der Waals surface area (Å²) in [6.07, 6.45) is 1.53.